The summed E-state index contributed by atoms with van der Waals surface area (Å²) in [7, 11) is 0. The van der Waals surface area contributed by atoms with Gasteiger partial charge >= 0.3 is 11.7 Å². The van der Waals surface area contributed by atoms with Gasteiger partial charge < -0.3 is 4.74 Å². The molecule has 2 amide bonds. The predicted molar refractivity (Wildman–Crippen MR) is 96.4 cm³/mol. The average molecular weight is 380 g/mol. The first kappa shape index (κ1) is 17.7. The molecule has 0 spiro atoms. The van der Waals surface area contributed by atoms with E-state index in [4.69, 9.17) is 4.74 Å². The zero-order valence-electron chi connectivity index (χ0n) is 14.7. The van der Waals surface area contributed by atoms with Gasteiger partial charge in [0, 0.05) is 12.6 Å². The van der Waals surface area contributed by atoms with Gasteiger partial charge in [-0.3, -0.25) is 14.9 Å². The minimum absolute atomic E-state index is 0.113. The fraction of sp³-hybridized carbons (Fsp3) is 0.211. The van der Waals surface area contributed by atoms with Crippen molar-refractivity contribution >= 4 is 23.4 Å². The molecule has 3 heterocycles. The summed E-state index contributed by atoms with van der Waals surface area (Å²) in [5, 5.41) is 6.35. The Balaban J connectivity index is 1.58. The molecule has 1 aliphatic heterocycles. The van der Waals surface area contributed by atoms with E-state index in [1.165, 1.54) is 22.7 Å². The van der Waals surface area contributed by atoms with Crippen LogP contribution >= 0.6 is 0 Å². The molecule has 1 saturated heterocycles. The molecule has 9 nitrogen and oxygen atoms in total. The zero-order valence-corrected chi connectivity index (χ0v) is 14.7. The molecule has 0 radical (unpaired) electrons. The molecule has 1 aliphatic rings. The molecule has 9 heteroatoms. The highest BCUT2D eigenvalue weighted by Crippen LogP contribution is 2.16. The van der Waals surface area contributed by atoms with Gasteiger partial charge in [-0.1, -0.05) is 30.3 Å². The Hall–Kier alpha value is -3.75. The number of nitrogens with one attached hydrogen (secondary N) is 1. The van der Waals surface area contributed by atoms with Crippen molar-refractivity contribution in [2.45, 2.75) is 25.5 Å². The second-order valence-corrected chi connectivity index (χ2v) is 6.40. The van der Waals surface area contributed by atoms with E-state index in [1.807, 2.05) is 30.3 Å². The maximum absolute atomic E-state index is 12.7. The van der Waals surface area contributed by atoms with Crippen LogP contribution in [0.5, 0.6) is 0 Å². The summed E-state index contributed by atoms with van der Waals surface area (Å²) in [6, 6.07) is 11.4. The molecular formula is C19H16N4O5. The molecule has 0 bridgehead atoms. The van der Waals surface area contributed by atoms with Crippen LogP contribution < -0.4 is 11.0 Å². The number of aromatic nitrogens is 3. The summed E-state index contributed by atoms with van der Waals surface area (Å²) in [5.41, 5.74) is 0.754. The van der Waals surface area contributed by atoms with Gasteiger partial charge in [0.2, 0.25) is 5.91 Å². The molecular weight excluding hydrogens is 364 g/mol. The molecule has 28 heavy (non-hydrogen) atoms. The highest BCUT2D eigenvalue weighted by atomic mass is 16.5. The van der Waals surface area contributed by atoms with Gasteiger partial charge in [0.05, 0.1) is 5.56 Å². The second-order valence-electron chi connectivity index (χ2n) is 6.40. The normalized spacial score (nSPS) is 16.8. The van der Waals surface area contributed by atoms with E-state index < -0.39 is 23.6 Å². The highest BCUT2D eigenvalue weighted by molar-refractivity contribution is 5.99. The number of hydrogen-bond donors (Lipinski definition) is 1. The first-order valence-electron chi connectivity index (χ1n) is 8.68. The third kappa shape index (κ3) is 3.29. The van der Waals surface area contributed by atoms with Crippen LogP contribution in [0.2, 0.25) is 0 Å². The quantitative estimate of drug-likeness (QED) is 0.530. The van der Waals surface area contributed by atoms with E-state index in [2.05, 4.69) is 10.4 Å². The number of imide groups is 1. The van der Waals surface area contributed by atoms with Crippen molar-refractivity contribution in [1.82, 2.24) is 19.5 Å². The number of esters is 1. The Kier molecular flexibility index (Phi) is 4.48. The van der Waals surface area contributed by atoms with E-state index in [0.717, 1.165) is 10.2 Å². The van der Waals surface area contributed by atoms with Gasteiger partial charge in [-0.15, -0.1) is 5.10 Å². The fourth-order valence-electron chi connectivity index (χ4n) is 3.04. The summed E-state index contributed by atoms with van der Waals surface area (Å²) in [6.07, 6.45) is 1.66. The van der Waals surface area contributed by atoms with Crippen molar-refractivity contribution in [3.8, 4) is 0 Å². The lowest BCUT2D eigenvalue weighted by molar-refractivity contribution is -0.136. The number of rotatable bonds is 4. The lowest BCUT2D eigenvalue weighted by Gasteiger charge is -2.19. The van der Waals surface area contributed by atoms with E-state index in [1.54, 1.807) is 0 Å². The Bertz CT molecular complexity index is 1130. The topological polar surface area (TPSA) is 112 Å². The smallest absolute Gasteiger partial charge is 0.351 e. The summed E-state index contributed by atoms with van der Waals surface area (Å²) in [6.45, 7) is 0.113. The predicted octanol–water partition coefficient (Wildman–Crippen LogP) is 0.831. The zero-order chi connectivity index (χ0) is 19.7. The SMILES string of the molecule is O=C1CCC(n2nc3ccc(C(=O)OCc4ccccc4)cn3c2=O)C(=O)N1. The van der Waals surface area contributed by atoms with Crippen molar-refractivity contribution in [3.63, 3.8) is 0 Å². The van der Waals surface area contributed by atoms with E-state index in [9.17, 15) is 19.2 Å². The van der Waals surface area contributed by atoms with Gasteiger partial charge in [0.25, 0.3) is 5.91 Å². The molecule has 0 saturated carbocycles. The van der Waals surface area contributed by atoms with Crippen LogP contribution in [0, 0.1) is 0 Å². The molecule has 1 unspecified atom stereocenters. The van der Waals surface area contributed by atoms with Crippen molar-refractivity contribution in [3.05, 3.63) is 70.3 Å². The molecule has 1 fully saturated rings. The van der Waals surface area contributed by atoms with Crippen LogP contribution in [-0.2, 0) is 20.9 Å². The minimum Gasteiger partial charge on any atom is -0.457 e. The number of benzene rings is 1. The summed E-state index contributed by atoms with van der Waals surface area (Å²) in [4.78, 5) is 48.3. The maximum atomic E-state index is 12.7. The fourth-order valence-corrected chi connectivity index (χ4v) is 3.04. The summed E-state index contributed by atoms with van der Waals surface area (Å²) >= 11 is 0. The van der Waals surface area contributed by atoms with Crippen molar-refractivity contribution in [2.75, 3.05) is 0 Å². The van der Waals surface area contributed by atoms with Gasteiger partial charge in [0.1, 0.15) is 12.6 Å². The number of nitrogens with zero attached hydrogens (tertiary/aromatic N) is 3. The van der Waals surface area contributed by atoms with E-state index in [0.29, 0.717) is 0 Å². The number of amides is 2. The van der Waals surface area contributed by atoms with Crippen molar-refractivity contribution in [1.29, 1.82) is 0 Å². The molecule has 1 aromatic carbocycles. The van der Waals surface area contributed by atoms with Crippen molar-refractivity contribution < 1.29 is 19.1 Å². The molecule has 4 rings (SSSR count). The van der Waals surface area contributed by atoms with Crippen LogP contribution in [0.4, 0.5) is 0 Å². The minimum atomic E-state index is -0.862. The Morgan fingerprint density at radius 3 is 2.68 bits per heavy atom. The largest absolute Gasteiger partial charge is 0.457 e. The first-order valence-corrected chi connectivity index (χ1v) is 8.68. The Morgan fingerprint density at radius 1 is 1.14 bits per heavy atom. The number of pyridine rings is 1. The molecule has 142 valence electrons. The standard InChI is InChI=1S/C19H16N4O5/c24-16-9-7-14(17(25)20-16)23-19(27)22-10-13(6-8-15(22)21-23)18(26)28-11-12-4-2-1-3-5-12/h1-6,8,10,14H,7,9,11H2,(H,20,24,25). The number of carbonyl (C=O) groups is 3. The third-order valence-corrected chi connectivity index (χ3v) is 4.49. The molecule has 1 atom stereocenters. The van der Waals surface area contributed by atoms with Crippen molar-refractivity contribution in [2.24, 2.45) is 0 Å². The van der Waals surface area contributed by atoms with Crippen LogP contribution in [-0.4, -0.2) is 32.0 Å². The molecule has 0 aliphatic carbocycles. The summed E-state index contributed by atoms with van der Waals surface area (Å²) < 4.78 is 7.49. The number of fused-ring (bicyclic) bond motifs is 1. The Morgan fingerprint density at radius 2 is 1.93 bits per heavy atom. The average Bonchev–Trinajstić information content (AvgIpc) is 3.03. The molecule has 3 aromatic rings. The van der Waals surface area contributed by atoms with Gasteiger partial charge in [0.15, 0.2) is 5.65 Å². The molecule has 1 N–H and O–H groups in total. The summed E-state index contributed by atoms with van der Waals surface area (Å²) in [5.74, 6) is -1.52. The molecule has 2 aromatic heterocycles. The number of piperidine rings is 1. The van der Waals surface area contributed by atoms with E-state index in [-0.39, 0.29) is 36.6 Å². The number of carbonyl (C=O) groups excluding carboxylic acids is 3. The van der Waals surface area contributed by atoms with Gasteiger partial charge in [-0.05, 0) is 24.1 Å². The monoisotopic (exact) mass is 380 g/mol. The third-order valence-electron chi connectivity index (χ3n) is 4.49. The Labute approximate surface area is 158 Å². The van der Waals surface area contributed by atoms with Crippen LogP contribution in [0.25, 0.3) is 5.65 Å². The number of hydrogen-bond acceptors (Lipinski definition) is 6. The lowest BCUT2D eigenvalue weighted by atomic mass is 10.1. The first-order chi connectivity index (χ1) is 13.5. The second kappa shape index (κ2) is 7.10. The number of ether oxygens (including phenoxy) is 1. The lowest BCUT2D eigenvalue weighted by Crippen LogP contribution is -2.44. The van der Waals surface area contributed by atoms with Crippen LogP contribution in [0.3, 0.4) is 0 Å². The highest BCUT2D eigenvalue weighted by Gasteiger charge is 2.30. The van der Waals surface area contributed by atoms with Gasteiger partial charge in [-0.2, -0.15) is 4.68 Å². The van der Waals surface area contributed by atoms with Crippen LogP contribution in [0.1, 0.15) is 34.8 Å². The maximum Gasteiger partial charge on any atom is 0.351 e. The van der Waals surface area contributed by atoms with Gasteiger partial charge in [-0.25, -0.2) is 14.0 Å². The van der Waals surface area contributed by atoms with E-state index >= 15 is 0 Å². The van der Waals surface area contributed by atoms with Crippen LogP contribution in [0.15, 0.2) is 53.5 Å².